The molecular formula is C19H18N6S2. The Morgan fingerprint density at radius 2 is 2.00 bits per heavy atom. The van der Waals surface area contributed by atoms with Crippen molar-refractivity contribution >= 4 is 39.9 Å². The van der Waals surface area contributed by atoms with Crippen LogP contribution in [0.5, 0.6) is 0 Å². The number of hydrogen-bond donors (Lipinski definition) is 2. The number of nitriles is 1. The van der Waals surface area contributed by atoms with Gasteiger partial charge in [-0.2, -0.15) is 5.26 Å². The summed E-state index contributed by atoms with van der Waals surface area (Å²) in [6.45, 7) is 6.00. The number of aromatic amines is 1. The molecule has 4 rings (SSSR count). The van der Waals surface area contributed by atoms with Gasteiger partial charge < -0.3 is 9.71 Å². The van der Waals surface area contributed by atoms with E-state index in [9.17, 15) is 5.26 Å². The Morgan fingerprint density at radius 3 is 2.74 bits per heavy atom. The first kappa shape index (κ1) is 18.9. The van der Waals surface area contributed by atoms with Crippen LogP contribution in [0.4, 0.5) is 5.69 Å². The molecule has 3 heterocycles. The zero-order valence-electron chi connectivity index (χ0n) is 15.1. The topological polar surface area (TPSA) is 90.3 Å². The van der Waals surface area contributed by atoms with Gasteiger partial charge in [0.25, 0.3) is 0 Å². The van der Waals surface area contributed by atoms with Gasteiger partial charge in [0.05, 0.1) is 22.5 Å². The summed E-state index contributed by atoms with van der Waals surface area (Å²) in [6, 6.07) is 6.24. The van der Waals surface area contributed by atoms with Crippen LogP contribution in [0.1, 0.15) is 25.0 Å². The number of aromatic nitrogens is 4. The van der Waals surface area contributed by atoms with Gasteiger partial charge in [-0.25, -0.2) is 15.0 Å². The number of aryl methyl sites for hydroxylation is 1. The Bertz CT molecular complexity index is 1080. The normalized spacial score (nSPS) is 10.1. The molecule has 0 aliphatic carbocycles. The van der Waals surface area contributed by atoms with Crippen LogP contribution in [0.2, 0.25) is 0 Å². The maximum atomic E-state index is 9.24. The summed E-state index contributed by atoms with van der Waals surface area (Å²) in [5, 5.41) is 12.2. The average Bonchev–Trinajstić information content (AvgIpc) is 3.37. The summed E-state index contributed by atoms with van der Waals surface area (Å²) in [7, 11) is 0. The van der Waals surface area contributed by atoms with E-state index in [1.807, 2.05) is 38.3 Å². The minimum Gasteiger partial charge on any atom is -0.358 e. The highest BCUT2D eigenvalue weighted by Gasteiger charge is 2.11. The quantitative estimate of drug-likeness (QED) is 0.450. The zero-order chi connectivity index (χ0) is 19.2. The first-order valence-corrected chi connectivity index (χ1v) is 10.1. The fourth-order valence-corrected chi connectivity index (χ4v) is 4.09. The van der Waals surface area contributed by atoms with E-state index < -0.39 is 0 Å². The third-order valence-corrected chi connectivity index (χ3v) is 5.51. The largest absolute Gasteiger partial charge is 0.358 e. The summed E-state index contributed by atoms with van der Waals surface area (Å²) in [5.41, 5.74) is 5.33. The van der Waals surface area contributed by atoms with E-state index in [2.05, 4.69) is 30.7 Å². The third kappa shape index (κ3) is 3.94. The van der Waals surface area contributed by atoms with E-state index in [0.29, 0.717) is 5.56 Å². The number of thiazole rings is 1. The lowest BCUT2D eigenvalue weighted by molar-refractivity contribution is 1.15. The number of H-pyrrole nitrogens is 1. The molecule has 3 aromatic heterocycles. The van der Waals surface area contributed by atoms with Gasteiger partial charge in [0.2, 0.25) is 0 Å². The molecule has 27 heavy (non-hydrogen) atoms. The van der Waals surface area contributed by atoms with Crippen LogP contribution in [0.25, 0.3) is 22.2 Å². The van der Waals surface area contributed by atoms with E-state index in [1.165, 1.54) is 18.3 Å². The van der Waals surface area contributed by atoms with E-state index in [0.717, 1.165) is 37.8 Å². The summed E-state index contributed by atoms with van der Waals surface area (Å²) < 4.78 is 4.21. The number of fused-ring (bicyclic) bond motifs is 1. The molecule has 2 N–H and O–H groups in total. The lowest BCUT2D eigenvalue weighted by Gasteiger charge is -2.06. The molecule has 0 radical (unpaired) electrons. The summed E-state index contributed by atoms with van der Waals surface area (Å²) >= 11 is 2.99. The number of anilines is 1. The SMILES string of the molecule is CC.Cc1ccc(NSc2nc(-c3cncnc3)cs2)c2[nH]cc(C#N)c12. The second-order valence-electron chi connectivity index (χ2n) is 5.32. The molecular weight excluding hydrogens is 376 g/mol. The van der Waals surface area contributed by atoms with E-state index in [-0.39, 0.29) is 0 Å². The van der Waals surface area contributed by atoms with Crippen LogP contribution in [0.3, 0.4) is 0 Å². The summed E-state index contributed by atoms with van der Waals surface area (Å²) in [5.74, 6) is 0. The maximum Gasteiger partial charge on any atom is 0.171 e. The molecule has 136 valence electrons. The number of benzene rings is 1. The summed E-state index contributed by atoms with van der Waals surface area (Å²) in [6.07, 6.45) is 6.73. The van der Waals surface area contributed by atoms with Crippen molar-refractivity contribution < 1.29 is 0 Å². The first-order valence-electron chi connectivity index (χ1n) is 8.41. The number of rotatable bonds is 4. The van der Waals surface area contributed by atoms with Crippen molar-refractivity contribution in [3.05, 3.63) is 53.6 Å². The first-order chi connectivity index (χ1) is 13.3. The van der Waals surface area contributed by atoms with Crippen LogP contribution in [-0.2, 0) is 0 Å². The maximum absolute atomic E-state index is 9.24. The van der Waals surface area contributed by atoms with Crippen LogP contribution in [-0.4, -0.2) is 19.9 Å². The van der Waals surface area contributed by atoms with Gasteiger partial charge in [-0.3, -0.25) is 0 Å². The lowest BCUT2D eigenvalue weighted by atomic mass is 10.1. The Morgan fingerprint density at radius 1 is 1.22 bits per heavy atom. The minimum absolute atomic E-state index is 0.654. The van der Waals surface area contributed by atoms with Crippen molar-refractivity contribution in [3.63, 3.8) is 0 Å². The Balaban J connectivity index is 0.00000102. The smallest absolute Gasteiger partial charge is 0.171 e. The molecule has 0 atom stereocenters. The van der Waals surface area contributed by atoms with Gasteiger partial charge in [-0.05, 0) is 18.6 Å². The average molecular weight is 395 g/mol. The third-order valence-electron chi connectivity index (χ3n) is 3.75. The van der Waals surface area contributed by atoms with Gasteiger partial charge in [-0.15, -0.1) is 11.3 Å². The molecule has 0 spiro atoms. The number of nitrogens with one attached hydrogen (secondary N) is 2. The number of nitrogens with zero attached hydrogens (tertiary/aromatic N) is 4. The predicted molar refractivity (Wildman–Crippen MR) is 112 cm³/mol. The molecule has 6 nitrogen and oxygen atoms in total. The Labute approximate surface area is 165 Å². The lowest BCUT2D eigenvalue weighted by Crippen LogP contribution is -1.90. The molecule has 0 saturated heterocycles. The fourth-order valence-electron chi connectivity index (χ4n) is 2.56. The number of hydrogen-bond acceptors (Lipinski definition) is 7. The van der Waals surface area contributed by atoms with Gasteiger partial charge in [-0.1, -0.05) is 19.9 Å². The fraction of sp³-hybridized carbons (Fsp3) is 0.158. The van der Waals surface area contributed by atoms with E-state index in [1.54, 1.807) is 29.9 Å². The highest BCUT2D eigenvalue weighted by molar-refractivity contribution is 8.02. The van der Waals surface area contributed by atoms with Crippen LogP contribution >= 0.6 is 23.3 Å². The van der Waals surface area contributed by atoms with Gasteiger partial charge >= 0.3 is 0 Å². The van der Waals surface area contributed by atoms with E-state index >= 15 is 0 Å². The van der Waals surface area contributed by atoms with Gasteiger partial charge in [0, 0.05) is 46.9 Å². The molecule has 0 bridgehead atoms. The van der Waals surface area contributed by atoms with Crippen molar-refractivity contribution in [3.8, 4) is 17.3 Å². The molecule has 4 aromatic rings. The van der Waals surface area contributed by atoms with Crippen molar-refractivity contribution in [1.29, 1.82) is 5.26 Å². The minimum atomic E-state index is 0.654. The molecule has 8 heteroatoms. The van der Waals surface area contributed by atoms with Crippen molar-refractivity contribution in [2.45, 2.75) is 25.1 Å². The second kappa shape index (κ2) is 8.66. The van der Waals surface area contributed by atoms with Crippen molar-refractivity contribution in [2.75, 3.05) is 4.72 Å². The second-order valence-corrected chi connectivity index (χ2v) is 7.24. The van der Waals surface area contributed by atoms with E-state index in [4.69, 9.17) is 0 Å². The van der Waals surface area contributed by atoms with Crippen LogP contribution < -0.4 is 4.72 Å². The Kier molecular flexibility index (Phi) is 6.06. The predicted octanol–water partition coefficient (Wildman–Crippen LogP) is 5.41. The highest BCUT2D eigenvalue weighted by atomic mass is 32.2. The Hall–Kier alpha value is -2.89. The molecule has 1 aromatic carbocycles. The molecule has 0 unspecified atom stereocenters. The van der Waals surface area contributed by atoms with Crippen LogP contribution in [0.15, 0.2) is 46.8 Å². The van der Waals surface area contributed by atoms with Gasteiger partial charge in [0.15, 0.2) is 4.34 Å². The zero-order valence-corrected chi connectivity index (χ0v) is 16.8. The molecule has 0 aliphatic rings. The van der Waals surface area contributed by atoms with Gasteiger partial charge in [0.1, 0.15) is 12.4 Å². The molecule has 0 fully saturated rings. The highest BCUT2D eigenvalue weighted by Crippen LogP contribution is 2.33. The standard InChI is InChI=1S/C17H12N6S2.C2H6/c1-10-2-3-13(16-15(10)11(4-18)7-21-16)23-25-17-22-14(8-24-17)12-5-19-9-20-6-12;1-2/h2-3,5-9,21,23H,1H3;1-2H3. The monoisotopic (exact) mass is 394 g/mol. The summed E-state index contributed by atoms with van der Waals surface area (Å²) in [4.78, 5) is 15.8. The van der Waals surface area contributed by atoms with Crippen molar-refractivity contribution in [2.24, 2.45) is 0 Å². The molecule has 0 amide bonds. The van der Waals surface area contributed by atoms with Crippen LogP contribution in [0, 0.1) is 18.3 Å². The van der Waals surface area contributed by atoms with Crippen molar-refractivity contribution in [1.82, 2.24) is 19.9 Å². The molecule has 0 saturated carbocycles. The molecule has 0 aliphatic heterocycles.